The van der Waals surface area contributed by atoms with E-state index in [4.69, 9.17) is 51.6 Å². The van der Waals surface area contributed by atoms with Crippen molar-refractivity contribution in [2.45, 2.75) is 69.4 Å². The lowest BCUT2D eigenvalue weighted by Crippen LogP contribution is -2.47. The first-order valence-corrected chi connectivity index (χ1v) is 27.5. The highest BCUT2D eigenvalue weighted by Crippen LogP contribution is 2.40. The van der Waals surface area contributed by atoms with Crippen LogP contribution in [0.25, 0.3) is 32.9 Å². The number of halogens is 2. The van der Waals surface area contributed by atoms with Crippen molar-refractivity contribution in [1.82, 2.24) is 55.3 Å². The average molecular weight is 1150 g/mol. The smallest absolute Gasteiger partial charge is 0.341 e. The fraction of sp³-hybridized carbons (Fsp3) is 0.345. The highest BCUT2D eigenvalue weighted by atomic mass is 35.5. The van der Waals surface area contributed by atoms with Gasteiger partial charge < -0.3 is 47.5 Å². The van der Waals surface area contributed by atoms with Gasteiger partial charge in [-0.3, -0.25) is 10.0 Å². The van der Waals surface area contributed by atoms with Crippen LogP contribution in [0, 0.1) is 0 Å². The summed E-state index contributed by atoms with van der Waals surface area (Å²) in [5, 5.41) is 24.2. The number of aromatic nitrogens is 9. The molecule has 82 heavy (non-hydrogen) atoms. The summed E-state index contributed by atoms with van der Waals surface area (Å²) in [6.45, 7) is 9.19. The van der Waals surface area contributed by atoms with Crippen LogP contribution in [0.5, 0.6) is 0 Å². The maximum Gasteiger partial charge on any atom is 0.341 e. The standard InChI is InChI=1S/C19H19N5O3.C17H16N6O3.C12H15ClN4O2.C7H4ClNO/c1-2-26-18(25)12-8-20-19(21-9-12)24-11-13-7-14(24)10-23(13)17-15-5-3-4-6-16(15)27-22-17;24-16(20-25)10-6-18-17(19-7-10)23-9-11-5-12(23)8-22(11)15-13-3-1-2-4-14(13)26-21-15;1-2-19-11(18)8-4-14-12(15-5-8)16-6-10-3-9(16)7-17(10)13;8-7-5-3-1-2-4-6(5)10-9-7/h3-6,8-9,13-14H,2,7,10-11H2,1H3;1-4,6-7,11-12,25H,5,8-9H2,(H,20,24);4-5,9-10H,2-3,6-7H2,1H3;1-4H. The van der Waals surface area contributed by atoms with Crippen molar-refractivity contribution >= 4 is 104 Å². The number of anilines is 5. The third-order valence-electron chi connectivity index (χ3n) is 15.3. The van der Waals surface area contributed by atoms with Crippen molar-refractivity contribution in [3.05, 3.63) is 132 Å². The minimum absolute atomic E-state index is 0.219. The number of hydroxylamine groups is 1. The molecule has 0 radical (unpaired) electrons. The van der Waals surface area contributed by atoms with Crippen LogP contribution < -0.4 is 30.0 Å². The monoisotopic (exact) mass is 1150 g/mol. The summed E-state index contributed by atoms with van der Waals surface area (Å²) in [6.07, 6.45) is 12.0. The maximum absolute atomic E-state index is 11.7. The molecule has 0 spiro atoms. The lowest BCUT2D eigenvalue weighted by molar-refractivity contribution is 0.0515. The zero-order valence-corrected chi connectivity index (χ0v) is 45.8. The second kappa shape index (κ2) is 23.4. The molecule has 12 heterocycles. The minimum Gasteiger partial charge on any atom is -0.462 e. The lowest BCUT2D eigenvalue weighted by Gasteiger charge is -2.34. The number of fused-ring (bicyclic) bond motifs is 9. The van der Waals surface area contributed by atoms with Gasteiger partial charge in [-0.2, -0.15) is 0 Å². The van der Waals surface area contributed by atoms with Gasteiger partial charge in [0.25, 0.3) is 5.91 Å². The Morgan fingerprint density at radius 1 is 0.512 bits per heavy atom. The van der Waals surface area contributed by atoms with Crippen molar-refractivity contribution in [2.75, 3.05) is 77.0 Å². The number of esters is 2. The second-order valence-electron chi connectivity index (χ2n) is 20.1. The maximum atomic E-state index is 11.7. The van der Waals surface area contributed by atoms with Gasteiger partial charge in [-0.15, -0.1) is 0 Å². The molecule has 6 aliphatic rings. The van der Waals surface area contributed by atoms with Crippen LogP contribution in [0.2, 0.25) is 5.15 Å². The average Bonchev–Trinajstić information content (AvgIpc) is 4.58. The molecule has 25 nitrogen and oxygen atoms in total. The van der Waals surface area contributed by atoms with Gasteiger partial charge in [0.1, 0.15) is 0 Å². The van der Waals surface area contributed by atoms with Crippen LogP contribution in [0.15, 0.2) is 124 Å². The number of ether oxygens (including phenoxy) is 2. The highest BCUT2D eigenvalue weighted by Gasteiger charge is 2.47. The molecule has 1 amide bonds. The number of nitrogens with zero attached hydrogens (tertiary/aromatic N) is 15. The Bertz CT molecular complexity index is 3720. The van der Waals surface area contributed by atoms with Crippen LogP contribution in [-0.2, 0) is 9.47 Å². The van der Waals surface area contributed by atoms with Gasteiger partial charge >= 0.3 is 11.9 Å². The SMILES string of the molecule is CCOC(=O)c1cnc(N2CC3CC2CN3Cl)nc1.CCOC(=O)c1cnc(N2CC3CC2CN3c2noc3ccccc23)nc1.Clc1noc2ccccc12.O=C(NO)c1cnc(N2CC3CC2CN3c2noc3ccccc23)nc1. The Hall–Kier alpha value is -8.78. The van der Waals surface area contributed by atoms with Crippen molar-refractivity contribution in [3.8, 4) is 0 Å². The normalized spacial score (nSPS) is 21.1. The molecule has 9 aromatic rings. The molecule has 0 saturated carbocycles. The van der Waals surface area contributed by atoms with E-state index in [0.29, 0.717) is 77.5 Å². The van der Waals surface area contributed by atoms with E-state index in [1.54, 1.807) is 19.3 Å². The number of hydrogen-bond acceptors (Lipinski definition) is 24. The molecular weight excluding hydrogens is 1100 g/mol. The number of carbonyl (C=O) groups is 3. The highest BCUT2D eigenvalue weighted by molar-refractivity contribution is 6.34. The second-order valence-corrected chi connectivity index (χ2v) is 20.9. The molecular formula is C55H54Cl2N16O9. The van der Waals surface area contributed by atoms with Gasteiger partial charge in [-0.1, -0.05) is 63.5 Å². The number of para-hydroxylation sites is 3. The molecule has 3 aromatic carbocycles. The molecule has 6 aromatic heterocycles. The third-order valence-corrected chi connectivity index (χ3v) is 16.0. The van der Waals surface area contributed by atoms with E-state index in [-0.39, 0.29) is 17.6 Å². The first-order chi connectivity index (χ1) is 40.0. The van der Waals surface area contributed by atoms with Crippen LogP contribution in [0.4, 0.5) is 29.5 Å². The Balaban J connectivity index is 0.000000113. The van der Waals surface area contributed by atoms with Gasteiger partial charge in [0.2, 0.25) is 17.8 Å². The number of carbonyl (C=O) groups excluding carboxylic acids is 3. The Labute approximate surface area is 477 Å². The molecule has 6 aliphatic heterocycles. The summed E-state index contributed by atoms with van der Waals surface area (Å²) >= 11 is 11.7. The summed E-state index contributed by atoms with van der Waals surface area (Å²) < 4.78 is 27.5. The van der Waals surface area contributed by atoms with Gasteiger partial charge in [-0.05, 0) is 81.3 Å². The fourth-order valence-corrected chi connectivity index (χ4v) is 11.9. The molecule has 422 valence electrons. The number of hydrogen-bond donors (Lipinski definition) is 2. The Kier molecular flexibility index (Phi) is 15.3. The van der Waals surface area contributed by atoms with Crippen LogP contribution >= 0.6 is 23.4 Å². The summed E-state index contributed by atoms with van der Waals surface area (Å²) in [4.78, 5) is 71.6. The van der Waals surface area contributed by atoms with Gasteiger partial charge in [0, 0.05) is 88.5 Å². The van der Waals surface area contributed by atoms with Crippen molar-refractivity contribution in [2.24, 2.45) is 0 Å². The zero-order chi connectivity index (χ0) is 56.4. The number of amides is 1. The van der Waals surface area contributed by atoms with Crippen molar-refractivity contribution in [3.63, 3.8) is 0 Å². The first kappa shape index (κ1) is 53.8. The summed E-state index contributed by atoms with van der Waals surface area (Å²) in [7, 11) is 0. The molecule has 2 N–H and O–H groups in total. The van der Waals surface area contributed by atoms with E-state index >= 15 is 0 Å². The van der Waals surface area contributed by atoms with E-state index in [1.807, 2.05) is 77.2 Å². The first-order valence-electron chi connectivity index (χ1n) is 26.7. The molecule has 15 rings (SSSR count). The van der Waals surface area contributed by atoms with Crippen LogP contribution in [0.1, 0.15) is 64.2 Å². The van der Waals surface area contributed by atoms with Crippen molar-refractivity contribution < 1.29 is 42.6 Å². The molecule has 0 aliphatic carbocycles. The van der Waals surface area contributed by atoms with E-state index < -0.39 is 11.9 Å². The quantitative estimate of drug-likeness (QED) is 0.0602. The van der Waals surface area contributed by atoms with E-state index in [9.17, 15) is 14.4 Å². The molecule has 6 saturated heterocycles. The third kappa shape index (κ3) is 10.7. The predicted molar refractivity (Wildman–Crippen MR) is 300 cm³/mol. The number of benzene rings is 3. The Morgan fingerprint density at radius 2 is 0.866 bits per heavy atom. The molecule has 6 fully saturated rings. The van der Waals surface area contributed by atoms with Crippen molar-refractivity contribution in [1.29, 1.82) is 0 Å². The van der Waals surface area contributed by atoms with Gasteiger partial charge in [-0.25, -0.2) is 49.4 Å². The predicted octanol–water partition coefficient (Wildman–Crippen LogP) is 7.02. The van der Waals surface area contributed by atoms with Gasteiger partial charge in [0.05, 0.1) is 70.2 Å². The number of piperazine rings is 3. The molecule has 6 unspecified atom stereocenters. The van der Waals surface area contributed by atoms with E-state index in [1.165, 1.54) is 37.2 Å². The lowest BCUT2D eigenvalue weighted by atomic mass is 10.2. The largest absolute Gasteiger partial charge is 0.462 e. The van der Waals surface area contributed by atoms with E-state index in [2.05, 4.69) is 69.9 Å². The summed E-state index contributed by atoms with van der Waals surface area (Å²) in [5.74, 6) is 2.31. The topological polar surface area (TPSA) is 277 Å². The molecule has 6 atom stereocenters. The Morgan fingerprint density at radius 3 is 1.24 bits per heavy atom. The molecule has 27 heteroatoms. The summed E-state index contributed by atoms with van der Waals surface area (Å²) in [6, 6.07) is 25.3. The van der Waals surface area contributed by atoms with Crippen LogP contribution in [0.3, 0.4) is 0 Å². The summed E-state index contributed by atoms with van der Waals surface area (Å²) in [5.41, 5.74) is 4.89. The number of rotatable bonds is 10. The molecule has 6 bridgehead atoms. The van der Waals surface area contributed by atoms with E-state index in [0.717, 1.165) is 103 Å². The van der Waals surface area contributed by atoms with Crippen LogP contribution in [-0.4, -0.2) is 162 Å². The fourth-order valence-electron chi connectivity index (χ4n) is 11.5. The minimum atomic E-state index is -0.622. The van der Waals surface area contributed by atoms with Gasteiger partial charge in [0.15, 0.2) is 33.5 Å². The number of nitrogens with one attached hydrogen (secondary N) is 1. The zero-order valence-electron chi connectivity index (χ0n) is 44.3.